The summed E-state index contributed by atoms with van der Waals surface area (Å²) in [5, 5.41) is 0. The Balaban J connectivity index is 3.88. The van der Waals surface area contributed by atoms with Crippen LogP contribution < -0.4 is 5.73 Å². The third-order valence-electron chi connectivity index (χ3n) is 1.49. The molecular weight excluding hydrogens is 198 g/mol. The lowest BCUT2D eigenvalue weighted by Gasteiger charge is -2.02. The molecule has 0 saturated carbocycles. The van der Waals surface area contributed by atoms with Gasteiger partial charge in [-0.15, -0.1) is 0 Å². The third-order valence-corrected chi connectivity index (χ3v) is 1.49. The normalized spacial score (nSPS) is 10.9. The van der Waals surface area contributed by atoms with Crippen molar-refractivity contribution in [2.75, 3.05) is 13.2 Å². The van der Waals surface area contributed by atoms with E-state index in [9.17, 15) is 9.59 Å². The number of hydrogen-bond acceptors (Lipinski definition) is 5. The minimum absolute atomic E-state index is 0.00719. The molecule has 2 N–H and O–H groups in total. The summed E-state index contributed by atoms with van der Waals surface area (Å²) in [6, 6.07) is 0. The molecule has 15 heavy (non-hydrogen) atoms. The maximum absolute atomic E-state index is 11.0. The van der Waals surface area contributed by atoms with Crippen LogP contribution >= 0.6 is 0 Å². The highest BCUT2D eigenvalue weighted by molar-refractivity contribution is 5.74. The topological polar surface area (TPSA) is 78.6 Å². The molecule has 0 fully saturated rings. The van der Waals surface area contributed by atoms with Crippen molar-refractivity contribution in [3.63, 3.8) is 0 Å². The van der Waals surface area contributed by atoms with Gasteiger partial charge in [0.25, 0.3) is 0 Å². The second-order valence-corrected chi connectivity index (χ2v) is 2.77. The maximum atomic E-state index is 11.0. The Kier molecular flexibility index (Phi) is 7.05. The van der Waals surface area contributed by atoms with Crippen LogP contribution in [0, 0.1) is 0 Å². The van der Waals surface area contributed by atoms with Crippen LogP contribution in [-0.2, 0) is 19.1 Å². The summed E-state index contributed by atoms with van der Waals surface area (Å²) in [5.41, 5.74) is 5.82. The van der Waals surface area contributed by atoms with Crippen molar-refractivity contribution in [1.29, 1.82) is 0 Å². The van der Waals surface area contributed by atoms with Gasteiger partial charge in [-0.25, -0.2) is 0 Å². The number of carbonyl (C=O) groups is 2. The van der Waals surface area contributed by atoms with E-state index in [4.69, 9.17) is 10.5 Å². The van der Waals surface area contributed by atoms with Crippen molar-refractivity contribution in [3.8, 4) is 0 Å². The standard InChI is InChI=1S/C10H17NO4/c1-3-14-9(12)6-5-8(11)7-10(13)15-4-2/h5H,3-4,6-7,11H2,1-2H3. The molecule has 0 radical (unpaired) electrons. The Labute approximate surface area is 89.2 Å². The quantitative estimate of drug-likeness (QED) is 0.661. The maximum Gasteiger partial charge on any atom is 0.311 e. The molecule has 0 rings (SSSR count). The van der Waals surface area contributed by atoms with E-state index in [1.807, 2.05) is 0 Å². The summed E-state index contributed by atoms with van der Waals surface area (Å²) in [5.74, 6) is -0.751. The number of esters is 2. The molecule has 0 saturated heterocycles. The molecule has 0 aromatic rings. The lowest BCUT2D eigenvalue weighted by molar-refractivity contribution is -0.143. The zero-order valence-corrected chi connectivity index (χ0v) is 9.12. The Bertz CT molecular complexity index is 248. The summed E-state index contributed by atoms with van der Waals surface area (Å²) >= 11 is 0. The number of nitrogens with two attached hydrogens (primary N) is 1. The van der Waals surface area contributed by atoms with Crippen molar-refractivity contribution < 1.29 is 19.1 Å². The van der Waals surface area contributed by atoms with Crippen LogP contribution in [0.5, 0.6) is 0 Å². The third kappa shape index (κ3) is 7.54. The minimum Gasteiger partial charge on any atom is -0.466 e. The first kappa shape index (κ1) is 13.5. The highest BCUT2D eigenvalue weighted by atomic mass is 16.5. The average Bonchev–Trinajstić information content (AvgIpc) is 2.15. The van der Waals surface area contributed by atoms with Crippen LogP contribution in [0.3, 0.4) is 0 Å². The largest absolute Gasteiger partial charge is 0.466 e. The van der Waals surface area contributed by atoms with Crippen LogP contribution in [0.1, 0.15) is 26.7 Å². The van der Waals surface area contributed by atoms with Gasteiger partial charge in [0.1, 0.15) is 0 Å². The molecule has 5 heteroatoms. The first-order valence-corrected chi connectivity index (χ1v) is 4.85. The van der Waals surface area contributed by atoms with Crippen LogP contribution in [0.2, 0.25) is 0 Å². The van der Waals surface area contributed by atoms with Crippen molar-refractivity contribution in [2.45, 2.75) is 26.7 Å². The molecule has 5 nitrogen and oxygen atoms in total. The molecule has 0 aromatic heterocycles. The fraction of sp³-hybridized carbons (Fsp3) is 0.600. The number of rotatable bonds is 6. The summed E-state index contributed by atoms with van der Waals surface area (Å²) in [4.78, 5) is 21.9. The van der Waals surface area contributed by atoms with Gasteiger partial charge < -0.3 is 15.2 Å². The summed E-state index contributed by atoms with van der Waals surface area (Å²) in [7, 11) is 0. The van der Waals surface area contributed by atoms with E-state index >= 15 is 0 Å². The molecule has 0 amide bonds. The molecule has 0 aliphatic rings. The van der Waals surface area contributed by atoms with Gasteiger partial charge in [-0.2, -0.15) is 0 Å². The van der Waals surface area contributed by atoms with E-state index in [1.54, 1.807) is 13.8 Å². The second kappa shape index (κ2) is 7.84. The summed E-state index contributed by atoms with van der Waals surface area (Å²) < 4.78 is 9.38. The molecule has 0 aliphatic heterocycles. The Hall–Kier alpha value is -1.52. The van der Waals surface area contributed by atoms with Gasteiger partial charge in [-0.05, 0) is 13.8 Å². The second-order valence-electron chi connectivity index (χ2n) is 2.77. The smallest absolute Gasteiger partial charge is 0.311 e. The van der Waals surface area contributed by atoms with E-state index in [0.29, 0.717) is 18.9 Å². The van der Waals surface area contributed by atoms with E-state index in [0.717, 1.165) is 0 Å². The monoisotopic (exact) mass is 215 g/mol. The molecule has 0 aliphatic carbocycles. The molecule has 86 valence electrons. The number of ether oxygens (including phenoxy) is 2. The first-order valence-electron chi connectivity index (χ1n) is 4.85. The molecule has 0 heterocycles. The number of hydrogen-bond donors (Lipinski definition) is 1. The van der Waals surface area contributed by atoms with Crippen molar-refractivity contribution in [1.82, 2.24) is 0 Å². The molecular formula is C10H17NO4. The zero-order valence-electron chi connectivity index (χ0n) is 9.12. The molecule has 0 spiro atoms. The Morgan fingerprint density at radius 1 is 1.13 bits per heavy atom. The molecule has 0 atom stereocenters. The fourth-order valence-electron chi connectivity index (χ4n) is 0.885. The fourth-order valence-corrected chi connectivity index (χ4v) is 0.885. The van der Waals surface area contributed by atoms with E-state index in [-0.39, 0.29) is 18.8 Å². The van der Waals surface area contributed by atoms with Gasteiger partial charge in [0.2, 0.25) is 0 Å². The Morgan fingerprint density at radius 2 is 1.67 bits per heavy atom. The SMILES string of the molecule is CCOC(=O)CC=C(N)CC(=O)OCC. The van der Waals surface area contributed by atoms with Gasteiger partial charge in [0.05, 0.1) is 26.1 Å². The van der Waals surface area contributed by atoms with E-state index in [2.05, 4.69) is 4.74 Å². The lowest BCUT2D eigenvalue weighted by atomic mass is 10.2. The predicted octanol–water partition coefficient (Wildman–Crippen LogP) is 0.735. The van der Waals surface area contributed by atoms with Crippen LogP contribution in [0.25, 0.3) is 0 Å². The van der Waals surface area contributed by atoms with Gasteiger partial charge >= 0.3 is 11.9 Å². The highest BCUT2D eigenvalue weighted by Gasteiger charge is 2.04. The van der Waals surface area contributed by atoms with Crippen molar-refractivity contribution in [2.24, 2.45) is 5.73 Å². The molecule has 0 bridgehead atoms. The number of carbonyl (C=O) groups excluding carboxylic acids is 2. The average molecular weight is 215 g/mol. The first-order chi connectivity index (χ1) is 7.10. The van der Waals surface area contributed by atoms with Crippen molar-refractivity contribution in [3.05, 3.63) is 11.8 Å². The Morgan fingerprint density at radius 3 is 2.20 bits per heavy atom. The van der Waals surface area contributed by atoms with Crippen LogP contribution in [-0.4, -0.2) is 25.2 Å². The van der Waals surface area contributed by atoms with Crippen molar-refractivity contribution >= 4 is 11.9 Å². The minimum atomic E-state index is -0.393. The van der Waals surface area contributed by atoms with Gasteiger partial charge in [-0.3, -0.25) is 9.59 Å². The van der Waals surface area contributed by atoms with Gasteiger partial charge in [0.15, 0.2) is 0 Å². The highest BCUT2D eigenvalue weighted by Crippen LogP contribution is 1.99. The van der Waals surface area contributed by atoms with Crippen LogP contribution in [0.15, 0.2) is 11.8 Å². The van der Waals surface area contributed by atoms with Crippen LogP contribution in [0.4, 0.5) is 0 Å². The van der Waals surface area contributed by atoms with E-state index in [1.165, 1.54) is 6.08 Å². The summed E-state index contributed by atoms with van der Waals surface area (Å²) in [6.45, 7) is 4.11. The molecule has 0 unspecified atom stereocenters. The lowest BCUT2D eigenvalue weighted by Crippen LogP contribution is -2.10. The predicted molar refractivity (Wildman–Crippen MR) is 54.8 cm³/mol. The van der Waals surface area contributed by atoms with Gasteiger partial charge in [-0.1, -0.05) is 6.08 Å². The van der Waals surface area contributed by atoms with E-state index < -0.39 is 5.97 Å². The zero-order chi connectivity index (χ0) is 11.7. The van der Waals surface area contributed by atoms with Gasteiger partial charge in [0, 0.05) is 5.70 Å². The molecule has 0 aromatic carbocycles. The summed E-state index contributed by atoms with van der Waals surface area (Å²) in [6.07, 6.45) is 1.56.